The van der Waals surface area contributed by atoms with E-state index in [1.807, 2.05) is 36.4 Å². The van der Waals surface area contributed by atoms with Crippen LogP contribution in [-0.2, 0) is 10.0 Å². The second-order valence-electron chi connectivity index (χ2n) is 7.01. The molecular weight excluding hydrogens is 388 g/mol. The van der Waals surface area contributed by atoms with Crippen molar-refractivity contribution in [2.24, 2.45) is 0 Å². The van der Waals surface area contributed by atoms with Gasteiger partial charge < -0.3 is 4.74 Å². The number of aromatic nitrogens is 2. The predicted molar refractivity (Wildman–Crippen MR) is 108 cm³/mol. The molecule has 0 spiro atoms. The summed E-state index contributed by atoms with van der Waals surface area (Å²) in [5, 5.41) is 10.7. The average molecular weight is 408 g/mol. The van der Waals surface area contributed by atoms with Gasteiger partial charge in [-0.05, 0) is 37.1 Å². The van der Waals surface area contributed by atoms with E-state index in [2.05, 4.69) is 14.7 Å². The minimum atomic E-state index is -3.63. The molecule has 0 amide bonds. The van der Waals surface area contributed by atoms with Crippen LogP contribution in [0.4, 0.5) is 0 Å². The molecule has 1 saturated carbocycles. The summed E-state index contributed by atoms with van der Waals surface area (Å²) in [5.74, 6) is 0.231. The first-order chi connectivity index (χ1) is 14.1. The number of ether oxygens (including phenoxy) is 1. The van der Waals surface area contributed by atoms with Crippen LogP contribution < -0.4 is 9.46 Å². The van der Waals surface area contributed by atoms with Crippen LogP contribution in [0.5, 0.6) is 5.88 Å². The quantitative estimate of drug-likeness (QED) is 0.695. The molecule has 1 N–H and O–H groups in total. The second kappa shape index (κ2) is 8.15. The molecule has 0 radical (unpaired) electrons. The fourth-order valence-electron chi connectivity index (χ4n) is 3.66. The molecule has 1 aromatic heterocycles. The van der Waals surface area contributed by atoms with Gasteiger partial charge in [-0.25, -0.2) is 23.1 Å². The van der Waals surface area contributed by atoms with E-state index in [1.165, 1.54) is 12.4 Å². The van der Waals surface area contributed by atoms with Crippen molar-refractivity contribution in [3.05, 3.63) is 60.6 Å². The number of sulfonamides is 1. The van der Waals surface area contributed by atoms with Gasteiger partial charge in [0.2, 0.25) is 15.7 Å². The lowest BCUT2D eigenvalue weighted by atomic mass is 9.94. The van der Waals surface area contributed by atoms with Crippen LogP contribution in [-0.4, -0.2) is 30.5 Å². The van der Waals surface area contributed by atoms with Crippen LogP contribution in [0.25, 0.3) is 10.8 Å². The van der Waals surface area contributed by atoms with E-state index in [-0.39, 0.29) is 23.7 Å². The number of hydrogen-bond donors (Lipinski definition) is 1. The maximum Gasteiger partial charge on any atom is 0.251 e. The fourth-order valence-corrected chi connectivity index (χ4v) is 5.19. The Balaban J connectivity index is 1.42. The van der Waals surface area contributed by atoms with Crippen molar-refractivity contribution in [2.75, 3.05) is 0 Å². The molecule has 7 nitrogen and oxygen atoms in total. The zero-order valence-corrected chi connectivity index (χ0v) is 16.5. The van der Waals surface area contributed by atoms with E-state index in [1.54, 1.807) is 12.1 Å². The Morgan fingerprint density at radius 3 is 2.52 bits per heavy atom. The highest BCUT2D eigenvalue weighted by molar-refractivity contribution is 7.89. The highest BCUT2D eigenvalue weighted by atomic mass is 32.2. The van der Waals surface area contributed by atoms with E-state index >= 15 is 0 Å². The van der Waals surface area contributed by atoms with Crippen molar-refractivity contribution in [1.29, 1.82) is 5.26 Å². The first kappa shape index (κ1) is 19.3. The number of hydrogen-bond acceptors (Lipinski definition) is 6. The molecule has 0 bridgehead atoms. The molecule has 1 fully saturated rings. The third-order valence-corrected chi connectivity index (χ3v) is 6.66. The van der Waals surface area contributed by atoms with Crippen LogP contribution in [0.2, 0.25) is 0 Å². The monoisotopic (exact) mass is 408 g/mol. The van der Waals surface area contributed by atoms with Gasteiger partial charge >= 0.3 is 0 Å². The standard InChI is InChI=1S/C21H20N4O3S/c22-14-19-21(24-13-12-23-19)28-17-10-8-16(9-11-17)25-29(26,27)20-7-3-5-15-4-1-2-6-18(15)20/h1-7,12-13,16-17,25H,8-11H2. The molecule has 1 aliphatic carbocycles. The van der Waals surface area contributed by atoms with Gasteiger partial charge in [-0.1, -0.05) is 36.4 Å². The number of fused-ring (bicyclic) bond motifs is 1. The maximum absolute atomic E-state index is 13.0. The molecule has 2 aromatic carbocycles. The predicted octanol–water partition coefficient (Wildman–Crippen LogP) is 3.17. The molecule has 0 saturated heterocycles. The van der Waals surface area contributed by atoms with Gasteiger partial charge in [0.15, 0.2) is 0 Å². The zero-order valence-electron chi connectivity index (χ0n) is 15.7. The Hall–Kier alpha value is -3.02. The number of benzene rings is 2. The third-order valence-electron chi connectivity index (χ3n) is 5.08. The van der Waals surface area contributed by atoms with Crippen molar-refractivity contribution in [3.63, 3.8) is 0 Å². The van der Waals surface area contributed by atoms with Gasteiger partial charge in [-0.2, -0.15) is 5.26 Å². The topological polar surface area (TPSA) is 105 Å². The molecule has 3 aromatic rings. The smallest absolute Gasteiger partial charge is 0.251 e. The molecular formula is C21H20N4O3S. The van der Waals surface area contributed by atoms with E-state index in [9.17, 15) is 8.42 Å². The van der Waals surface area contributed by atoms with Crippen molar-refractivity contribution in [3.8, 4) is 11.9 Å². The summed E-state index contributed by atoms with van der Waals surface area (Å²) in [5.41, 5.74) is 0.159. The third kappa shape index (κ3) is 4.21. The molecule has 0 unspecified atom stereocenters. The van der Waals surface area contributed by atoms with Gasteiger partial charge in [0.05, 0.1) is 4.90 Å². The Kier molecular flexibility index (Phi) is 5.43. The molecule has 148 valence electrons. The highest BCUT2D eigenvalue weighted by Crippen LogP contribution is 2.27. The lowest BCUT2D eigenvalue weighted by Gasteiger charge is -2.29. The van der Waals surface area contributed by atoms with Gasteiger partial charge in [0, 0.05) is 23.8 Å². The number of nitriles is 1. The van der Waals surface area contributed by atoms with Crippen LogP contribution in [0.15, 0.2) is 59.8 Å². The van der Waals surface area contributed by atoms with Crippen LogP contribution in [0.1, 0.15) is 31.4 Å². The van der Waals surface area contributed by atoms with Crippen LogP contribution in [0.3, 0.4) is 0 Å². The minimum Gasteiger partial charge on any atom is -0.472 e. The van der Waals surface area contributed by atoms with Crippen LogP contribution in [0, 0.1) is 11.3 Å². The summed E-state index contributed by atoms with van der Waals surface area (Å²) in [6, 6.07) is 14.6. The Morgan fingerprint density at radius 1 is 1.00 bits per heavy atom. The Morgan fingerprint density at radius 2 is 1.72 bits per heavy atom. The zero-order chi connectivity index (χ0) is 20.3. The van der Waals surface area contributed by atoms with Crippen molar-refractivity contribution >= 4 is 20.8 Å². The van der Waals surface area contributed by atoms with Crippen molar-refractivity contribution in [1.82, 2.24) is 14.7 Å². The number of nitrogens with one attached hydrogen (secondary N) is 1. The SMILES string of the molecule is N#Cc1nccnc1OC1CCC(NS(=O)(=O)c2cccc3ccccc23)CC1. The number of nitrogens with zero attached hydrogens (tertiary/aromatic N) is 3. The summed E-state index contributed by atoms with van der Waals surface area (Å²) in [4.78, 5) is 8.31. The summed E-state index contributed by atoms with van der Waals surface area (Å²) >= 11 is 0. The lowest BCUT2D eigenvalue weighted by Crippen LogP contribution is -2.39. The van der Waals surface area contributed by atoms with Crippen molar-refractivity contribution < 1.29 is 13.2 Å². The lowest BCUT2D eigenvalue weighted by molar-refractivity contribution is 0.137. The average Bonchev–Trinajstić information content (AvgIpc) is 2.75. The van der Waals surface area contributed by atoms with E-state index in [4.69, 9.17) is 10.00 Å². The largest absolute Gasteiger partial charge is 0.472 e. The Labute approximate surface area is 169 Å². The fraction of sp³-hybridized carbons (Fsp3) is 0.286. The first-order valence-corrected chi connectivity index (χ1v) is 10.9. The molecule has 29 heavy (non-hydrogen) atoms. The normalized spacial score (nSPS) is 19.6. The second-order valence-corrected chi connectivity index (χ2v) is 8.69. The van der Waals surface area contributed by atoms with Gasteiger partial charge in [-0.3, -0.25) is 0 Å². The van der Waals surface area contributed by atoms with Gasteiger partial charge in [0.25, 0.3) is 5.88 Å². The summed E-state index contributed by atoms with van der Waals surface area (Å²) in [7, 11) is -3.63. The summed E-state index contributed by atoms with van der Waals surface area (Å²) < 4.78 is 34.6. The molecule has 4 rings (SSSR count). The van der Waals surface area contributed by atoms with Gasteiger partial charge in [0.1, 0.15) is 12.2 Å². The highest BCUT2D eigenvalue weighted by Gasteiger charge is 2.28. The molecule has 8 heteroatoms. The summed E-state index contributed by atoms with van der Waals surface area (Å²) in [6.07, 6.45) is 5.46. The number of rotatable bonds is 5. The van der Waals surface area contributed by atoms with Gasteiger partial charge in [-0.15, -0.1) is 0 Å². The van der Waals surface area contributed by atoms with Crippen molar-refractivity contribution in [2.45, 2.75) is 42.7 Å². The molecule has 1 heterocycles. The van der Waals surface area contributed by atoms with Crippen LogP contribution >= 0.6 is 0 Å². The van der Waals surface area contributed by atoms with E-state index < -0.39 is 10.0 Å². The Bertz CT molecular complexity index is 1160. The molecule has 0 atom stereocenters. The maximum atomic E-state index is 13.0. The summed E-state index contributed by atoms with van der Waals surface area (Å²) in [6.45, 7) is 0. The molecule has 0 aliphatic heterocycles. The first-order valence-electron chi connectivity index (χ1n) is 9.44. The van der Waals surface area contributed by atoms with E-state index in [0.29, 0.717) is 36.0 Å². The molecule has 1 aliphatic rings. The van der Waals surface area contributed by atoms with E-state index in [0.717, 1.165) is 5.39 Å². The minimum absolute atomic E-state index is 0.114.